The van der Waals surface area contributed by atoms with E-state index in [0.29, 0.717) is 17.6 Å². The first-order valence-electron chi connectivity index (χ1n) is 11.5. The molecule has 0 spiro atoms. The van der Waals surface area contributed by atoms with Gasteiger partial charge in [0.05, 0.1) is 28.5 Å². The first-order chi connectivity index (χ1) is 18.3. The molecule has 2 unspecified atom stereocenters. The van der Waals surface area contributed by atoms with Crippen LogP contribution in [0.5, 0.6) is 0 Å². The Morgan fingerprint density at radius 2 is 1.87 bits per heavy atom. The van der Waals surface area contributed by atoms with Crippen LogP contribution in [-0.2, 0) is 6.18 Å². The predicted molar refractivity (Wildman–Crippen MR) is 138 cm³/mol. The second-order valence-corrected chi connectivity index (χ2v) is 10.1. The number of pyridine rings is 1. The molecule has 0 fully saturated rings. The van der Waals surface area contributed by atoms with Crippen LogP contribution in [-0.4, -0.2) is 68.9 Å². The monoisotopic (exact) mass is 586 g/mol. The Morgan fingerprint density at radius 1 is 1.13 bits per heavy atom. The molecule has 11 nitrogen and oxygen atoms in total. The number of carbonyl (C=O) groups excluding carboxylic acids is 2. The number of amides is 2. The summed E-state index contributed by atoms with van der Waals surface area (Å²) in [5.41, 5.74) is -0.879. The van der Waals surface area contributed by atoms with Gasteiger partial charge in [0.1, 0.15) is 34.0 Å². The minimum atomic E-state index is -4.71. The summed E-state index contributed by atoms with van der Waals surface area (Å²) in [4.78, 5) is 42.8. The number of hydrogen-bond donors (Lipinski definition) is 4. The summed E-state index contributed by atoms with van der Waals surface area (Å²) in [6.07, 6.45) is -2.01. The van der Waals surface area contributed by atoms with Crippen LogP contribution in [0, 0.1) is 0 Å². The molecule has 4 N–H and O–H groups in total. The Hall–Kier alpha value is -3.24. The molecule has 0 aliphatic rings. The van der Waals surface area contributed by atoms with Gasteiger partial charge in [-0.2, -0.15) is 13.2 Å². The van der Waals surface area contributed by atoms with Crippen molar-refractivity contribution in [2.75, 3.05) is 32.5 Å². The molecule has 2 atom stereocenters. The van der Waals surface area contributed by atoms with Crippen LogP contribution in [0.2, 0.25) is 5.02 Å². The minimum absolute atomic E-state index is 0.0936. The number of nitrogens with zero attached hydrogens (tertiary/aromatic N) is 5. The fourth-order valence-corrected chi connectivity index (χ4v) is 4.26. The normalized spacial score (nSPS) is 13.3. The topological polar surface area (TPSA) is 145 Å². The van der Waals surface area contributed by atoms with Gasteiger partial charge in [-0.25, -0.2) is 19.9 Å². The maximum Gasteiger partial charge on any atom is 0.418 e. The zero-order valence-corrected chi connectivity index (χ0v) is 22.7. The number of anilines is 1. The lowest BCUT2D eigenvalue weighted by atomic mass is 10.2. The fourth-order valence-electron chi connectivity index (χ4n) is 3.22. The highest BCUT2D eigenvalue weighted by Crippen LogP contribution is 2.35. The zero-order chi connectivity index (χ0) is 28.7. The summed E-state index contributed by atoms with van der Waals surface area (Å²) in [6, 6.07) is 1.44. The van der Waals surface area contributed by atoms with E-state index in [0.717, 1.165) is 30.5 Å². The first kappa shape index (κ1) is 30.3. The van der Waals surface area contributed by atoms with Crippen LogP contribution in [0.3, 0.4) is 0 Å². The van der Waals surface area contributed by atoms with Crippen LogP contribution in [0.15, 0.2) is 30.9 Å². The van der Waals surface area contributed by atoms with Crippen molar-refractivity contribution in [1.82, 2.24) is 35.5 Å². The number of nitrogens with one attached hydrogen (secondary N) is 3. The van der Waals surface area contributed by atoms with Crippen molar-refractivity contribution in [3.05, 3.63) is 62.7 Å². The zero-order valence-electron chi connectivity index (χ0n) is 21.1. The van der Waals surface area contributed by atoms with E-state index in [-0.39, 0.29) is 22.1 Å². The van der Waals surface area contributed by atoms with Gasteiger partial charge >= 0.3 is 6.18 Å². The van der Waals surface area contributed by atoms with Gasteiger partial charge in [-0.05, 0) is 46.1 Å². The average Bonchev–Trinajstić information content (AvgIpc) is 3.38. The summed E-state index contributed by atoms with van der Waals surface area (Å²) in [5.74, 6) is -1.44. The number of rotatable bonds is 11. The van der Waals surface area contributed by atoms with Crippen LogP contribution >= 0.6 is 22.9 Å². The molecule has 0 saturated carbocycles. The van der Waals surface area contributed by atoms with Crippen molar-refractivity contribution in [3.63, 3.8) is 0 Å². The van der Waals surface area contributed by atoms with Gasteiger partial charge in [-0.3, -0.25) is 14.9 Å². The van der Waals surface area contributed by atoms with E-state index in [1.165, 1.54) is 18.6 Å². The molecule has 3 rings (SSSR count). The van der Waals surface area contributed by atoms with Gasteiger partial charge < -0.3 is 20.6 Å². The molecule has 39 heavy (non-hydrogen) atoms. The first-order valence-corrected chi connectivity index (χ1v) is 12.7. The molecule has 3 heterocycles. The number of aromatic nitrogens is 4. The van der Waals surface area contributed by atoms with E-state index in [1.54, 1.807) is 6.92 Å². The number of hydrogen-bond acceptors (Lipinski definition) is 10. The second kappa shape index (κ2) is 13.2. The molecule has 0 aromatic carbocycles. The van der Waals surface area contributed by atoms with E-state index in [1.807, 2.05) is 19.0 Å². The molecule has 16 heteroatoms. The maximum absolute atomic E-state index is 13.1. The SMILES string of the molecule is CC(NC(O)c1cc(C(=O)NCCCN(C)C)ncn1)c1ncc(C(=O)Nc2cc(C(F)(F)F)c(Cl)cn2)s1. The fraction of sp³-hybridized carbons (Fsp3) is 0.391. The molecule has 0 saturated heterocycles. The van der Waals surface area contributed by atoms with Crippen molar-refractivity contribution in [1.29, 1.82) is 0 Å². The molecule has 0 bridgehead atoms. The van der Waals surface area contributed by atoms with E-state index in [9.17, 15) is 27.9 Å². The lowest BCUT2D eigenvalue weighted by molar-refractivity contribution is -0.137. The van der Waals surface area contributed by atoms with Gasteiger partial charge in [0, 0.05) is 12.7 Å². The van der Waals surface area contributed by atoms with Crippen LogP contribution in [0.4, 0.5) is 19.0 Å². The molecular weight excluding hydrogens is 561 g/mol. The van der Waals surface area contributed by atoms with Crippen LogP contribution in [0.25, 0.3) is 0 Å². The third-order valence-electron chi connectivity index (χ3n) is 5.20. The van der Waals surface area contributed by atoms with Gasteiger partial charge in [0.15, 0.2) is 0 Å². The number of halogens is 4. The highest BCUT2D eigenvalue weighted by Gasteiger charge is 2.34. The van der Waals surface area contributed by atoms with E-state index >= 15 is 0 Å². The van der Waals surface area contributed by atoms with Gasteiger partial charge in [0.25, 0.3) is 11.8 Å². The largest absolute Gasteiger partial charge is 0.418 e. The van der Waals surface area contributed by atoms with Gasteiger partial charge in [0.2, 0.25) is 0 Å². The molecule has 0 aliphatic heterocycles. The van der Waals surface area contributed by atoms with Crippen molar-refractivity contribution in [2.24, 2.45) is 0 Å². The average molecular weight is 587 g/mol. The second-order valence-electron chi connectivity index (χ2n) is 8.60. The summed E-state index contributed by atoms with van der Waals surface area (Å²) in [5, 5.41) is 18.3. The minimum Gasteiger partial charge on any atom is -0.373 e. The Kier molecular flexibility index (Phi) is 10.3. The van der Waals surface area contributed by atoms with Crippen molar-refractivity contribution in [2.45, 2.75) is 31.8 Å². The van der Waals surface area contributed by atoms with Crippen LogP contribution in [0.1, 0.15) is 62.0 Å². The number of aliphatic hydroxyl groups is 1. The Bertz CT molecular complexity index is 1310. The van der Waals surface area contributed by atoms with Gasteiger partial charge in [-0.1, -0.05) is 11.6 Å². The highest BCUT2D eigenvalue weighted by atomic mass is 35.5. The van der Waals surface area contributed by atoms with Crippen LogP contribution < -0.4 is 16.0 Å². The van der Waals surface area contributed by atoms with Gasteiger partial charge in [-0.15, -0.1) is 11.3 Å². The number of alkyl halides is 3. The summed E-state index contributed by atoms with van der Waals surface area (Å²) < 4.78 is 39.2. The quantitative estimate of drug-likeness (QED) is 0.196. The maximum atomic E-state index is 13.1. The van der Waals surface area contributed by atoms with E-state index in [4.69, 9.17) is 11.6 Å². The third-order valence-corrected chi connectivity index (χ3v) is 6.68. The molecule has 0 aliphatic carbocycles. The molecule has 3 aromatic rings. The Morgan fingerprint density at radius 3 is 2.56 bits per heavy atom. The van der Waals surface area contributed by atoms with Crippen molar-refractivity contribution < 1.29 is 27.9 Å². The number of thiazole rings is 1. The van der Waals surface area contributed by atoms with Crippen molar-refractivity contribution in [3.8, 4) is 0 Å². The van der Waals surface area contributed by atoms with E-state index in [2.05, 4.69) is 35.9 Å². The number of carbonyl (C=O) groups is 2. The lowest BCUT2D eigenvalue weighted by Gasteiger charge is -2.17. The van der Waals surface area contributed by atoms with Crippen molar-refractivity contribution >= 4 is 40.6 Å². The Balaban J connectivity index is 1.60. The smallest absolute Gasteiger partial charge is 0.373 e. The summed E-state index contributed by atoms with van der Waals surface area (Å²) in [6.45, 7) is 2.96. The molecule has 210 valence electrons. The molecule has 3 aromatic heterocycles. The molecule has 2 amide bonds. The predicted octanol–water partition coefficient (Wildman–Crippen LogP) is 3.28. The lowest BCUT2D eigenvalue weighted by Crippen LogP contribution is -2.29. The molecular formula is C23H26ClF3N8O3S. The highest BCUT2D eigenvalue weighted by molar-refractivity contribution is 7.13. The molecule has 0 radical (unpaired) electrons. The Labute approximate surface area is 230 Å². The standard InChI is InChI=1S/C23H26ClF3N8O3S/c1-12(33-20(37)16-8-15(31-11-32-16)19(36)28-5-4-6-35(2)3)22-30-10-17(39-22)21(38)34-18-7-13(23(25,26)27)14(24)9-29-18/h7-12,20,33,37H,4-6H2,1-3H3,(H,28,36)(H,29,34,38). The number of aliphatic hydroxyl groups excluding tert-OH is 1. The van der Waals surface area contributed by atoms with E-state index < -0.39 is 40.8 Å². The summed E-state index contributed by atoms with van der Waals surface area (Å²) >= 11 is 6.52. The third kappa shape index (κ3) is 8.63. The summed E-state index contributed by atoms with van der Waals surface area (Å²) in [7, 11) is 3.87.